The number of rotatable bonds is 3. The van der Waals surface area contributed by atoms with Crippen LogP contribution in [0.3, 0.4) is 0 Å². The van der Waals surface area contributed by atoms with E-state index in [4.69, 9.17) is 39.2 Å². The van der Waals surface area contributed by atoms with Crippen LogP contribution in [0, 0.1) is 0 Å². The quantitative estimate of drug-likeness (QED) is 0.603. The minimum absolute atomic E-state index is 0.172. The van der Waals surface area contributed by atoms with Crippen LogP contribution >= 0.6 is 34.8 Å². The molecule has 0 aliphatic rings. The van der Waals surface area contributed by atoms with Gasteiger partial charge in [0.05, 0.1) is 10.0 Å². The van der Waals surface area contributed by atoms with Gasteiger partial charge in [-0.3, -0.25) is 4.79 Å². The zero-order chi connectivity index (χ0) is 16.4. The molecule has 6 heteroatoms. The first-order valence-electron chi connectivity index (χ1n) is 6.66. The van der Waals surface area contributed by atoms with Crippen LogP contribution in [-0.2, 0) is 0 Å². The summed E-state index contributed by atoms with van der Waals surface area (Å²) in [5, 5.41) is 4.13. The van der Waals surface area contributed by atoms with Crippen molar-refractivity contribution in [3.05, 3.63) is 75.4 Å². The number of anilines is 1. The SMILES string of the molecule is O=C(Nc1ccc(Cl)cc1)c1ccc(-c2cccc(Cl)c2Cl)o1. The molecule has 2 aromatic carbocycles. The van der Waals surface area contributed by atoms with Crippen LogP contribution in [0.1, 0.15) is 10.6 Å². The van der Waals surface area contributed by atoms with Gasteiger partial charge in [0.2, 0.25) is 0 Å². The molecule has 1 aromatic heterocycles. The Hall–Kier alpha value is -1.94. The van der Waals surface area contributed by atoms with Crippen LogP contribution in [0.4, 0.5) is 5.69 Å². The smallest absolute Gasteiger partial charge is 0.291 e. The maximum atomic E-state index is 12.2. The summed E-state index contributed by atoms with van der Waals surface area (Å²) in [6, 6.07) is 15.3. The number of carbonyl (C=O) groups is 1. The maximum Gasteiger partial charge on any atom is 0.291 e. The van der Waals surface area contributed by atoms with E-state index in [1.165, 1.54) is 0 Å². The first kappa shape index (κ1) is 15.9. The first-order chi connectivity index (χ1) is 11.0. The Balaban J connectivity index is 1.82. The lowest BCUT2D eigenvalue weighted by molar-refractivity contribution is 0.0997. The van der Waals surface area contributed by atoms with E-state index in [2.05, 4.69) is 5.32 Å². The minimum Gasteiger partial charge on any atom is -0.451 e. The average Bonchev–Trinajstić information content (AvgIpc) is 3.02. The van der Waals surface area contributed by atoms with Crippen LogP contribution in [0.25, 0.3) is 11.3 Å². The molecule has 0 aliphatic carbocycles. The van der Waals surface area contributed by atoms with Gasteiger partial charge < -0.3 is 9.73 Å². The van der Waals surface area contributed by atoms with E-state index in [1.54, 1.807) is 54.6 Å². The molecule has 0 bridgehead atoms. The molecule has 1 heterocycles. The van der Waals surface area contributed by atoms with Crippen molar-refractivity contribution in [1.29, 1.82) is 0 Å². The fraction of sp³-hybridized carbons (Fsp3) is 0. The molecule has 1 N–H and O–H groups in total. The van der Waals surface area contributed by atoms with E-state index in [0.717, 1.165) is 0 Å². The normalized spacial score (nSPS) is 10.6. The van der Waals surface area contributed by atoms with Crippen LogP contribution in [0.5, 0.6) is 0 Å². The van der Waals surface area contributed by atoms with Crippen LogP contribution in [-0.4, -0.2) is 5.91 Å². The van der Waals surface area contributed by atoms with Gasteiger partial charge in [-0.1, -0.05) is 40.9 Å². The highest BCUT2D eigenvalue weighted by Crippen LogP contribution is 2.34. The van der Waals surface area contributed by atoms with Crippen molar-refractivity contribution in [1.82, 2.24) is 0 Å². The molecule has 0 radical (unpaired) electrons. The molecule has 0 atom stereocenters. The van der Waals surface area contributed by atoms with Crippen molar-refractivity contribution < 1.29 is 9.21 Å². The number of hydrogen-bond acceptors (Lipinski definition) is 2. The van der Waals surface area contributed by atoms with Crippen molar-refractivity contribution in [2.24, 2.45) is 0 Å². The van der Waals surface area contributed by atoms with Gasteiger partial charge in [-0.15, -0.1) is 0 Å². The van der Waals surface area contributed by atoms with E-state index < -0.39 is 0 Å². The van der Waals surface area contributed by atoms with Crippen molar-refractivity contribution >= 4 is 46.4 Å². The monoisotopic (exact) mass is 365 g/mol. The number of furan rings is 1. The molecule has 0 aliphatic heterocycles. The van der Waals surface area contributed by atoms with Gasteiger partial charge in [-0.25, -0.2) is 0 Å². The van der Waals surface area contributed by atoms with Crippen molar-refractivity contribution in [2.75, 3.05) is 5.32 Å². The molecule has 0 fully saturated rings. The maximum absolute atomic E-state index is 12.2. The lowest BCUT2D eigenvalue weighted by Crippen LogP contribution is -2.10. The van der Waals surface area contributed by atoms with Gasteiger partial charge in [0, 0.05) is 16.3 Å². The molecule has 23 heavy (non-hydrogen) atoms. The molecule has 0 unspecified atom stereocenters. The zero-order valence-electron chi connectivity index (χ0n) is 11.6. The van der Waals surface area contributed by atoms with E-state index in [9.17, 15) is 4.79 Å². The predicted molar refractivity (Wildman–Crippen MR) is 93.6 cm³/mol. The highest BCUT2D eigenvalue weighted by atomic mass is 35.5. The molecule has 0 saturated carbocycles. The number of carbonyl (C=O) groups excluding carboxylic acids is 1. The summed E-state index contributed by atoms with van der Waals surface area (Å²) in [5.74, 6) is 0.279. The second-order valence-electron chi connectivity index (χ2n) is 4.73. The molecule has 0 spiro atoms. The lowest BCUT2D eigenvalue weighted by atomic mass is 10.2. The summed E-state index contributed by atoms with van der Waals surface area (Å²) in [6.07, 6.45) is 0. The van der Waals surface area contributed by atoms with Gasteiger partial charge in [0.1, 0.15) is 5.76 Å². The topological polar surface area (TPSA) is 42.2 Å². The summed E-state index contributed by atoms with van der Waals surface area (Å²) in [4.78, 5) is 12.2. The summed E-state index contributed by atoms with van der Waals surface area (Å²) in [5.41, 5.74) is 1.25. The first-order valence-corrected chi connectivity index (χ1v) is 7.79. The summed E-state index contributed by atoms with van der Waals surface area (Å²) in [7, 11) is 0. The number of halogens is 3. The van der Waals surface area contributed by atoms with Crippen molar-refractivity contribution in [3.8, 4) is 11.3 Å². The number of benzene rings is 2. The Bertz CT molecular complexity index is 857. The Kier molecular flexibility index (Phi) is 4.62. The third kappa shape index (κ3) is 3.53. The highest BCUT2D eigenvalue weighted by Gasteiger charge is 2.15. The Labute approximate surface area is 147 Å². The van der Waals surface area contributed by atoms with Gasteiger partial charge in [-0.2, -0.15) is 0 Å². The van der Waals surface area contributed by atoms with Crippen LogP contribution in [0.15, 0.2) is 59.0 Å². The molecular formula is C17H10Cl3NO2. The van der Waals surface area contributed by atoms with E-state index in [0.29, 0.717) is 32.1 Å². The Morgan fingerprint density at radius 1 is 0.913 bits per heavy atom. The fourth-order valence-corrected chi connectivity index (χ4v) is 2.54. The number of hydrogen-bond donors (Lipinski definition) is 1. The van der Waals surface area contributed by atoms with Gasteiger partial charge in [0.15, 0.2) is 5.76 Å². The summed E-state index contributed by atoms with van der Waals surface area (Å²) in [6.45, 7) is 0. The average molecular weight is 367 g/mol. The van der Waals surface area contributed by atoms with Crippen molar-refractivity contribution in [3.63, 3.8) is 0 Å². The largest absolute Gasteiger partial charge is 0.451 e. The van der Waals surface area contributed by atoms with E-state index in [1.807, 2.05) is 0 Å². The third-order valence-corrected chi connectivity index (χ3v) is 4.22. The number of nitrogens with one attached hydrogen (secondary N) is 1. The third-order valence-electron chi connectivity index (χ3n) is 3.15. The predicted octanol–water partition coefficient (Wildman–Crippen LogP) is 6.16. The Morgan fingerprint density at radius 3 is 2.39 bits per heavy atom. The van der Waals surface area contributed by atoms with Crippen LogP contribution in [0.2, 0.25) is 15.1 Å². The molecule has 116 valence electrons. The van der Waals surface area contributed by atoms with E-state index in [-0.39, 0.29) is 11.7 Å². The van der Waals surface area contributed by atoms with Gasteiger partial charge in [-0.05, 0) is 48.5 Å². The van der Waals surface area contributed by atoms with Gasteiger partial charge in [0.25, 0.3) is 5.91 Å². The second kappa shape index (κ2) is 6.67. The molecule has 1 amide bonds. The molecule has 3 nitrogen and oxygen atoms in total. The van der Waals surface area contributed by atoms with Crippen molar-refractivity contribution in [2.45, 2.75) is 0 Å². The lowest BCUT2D eigenvalue weighted by Gasteiger charge is -2.04. The second-order valence-corrected chi connectivity index (χ2v) is 5.95. The molecule has 3 rings (SSSR count). The highest BCUT2D eigenvalue weighted by molar-refractivity contribution is 6.43. The zero-order valence-corrected chi connectivity index (χ0v) is 13.9. The summed E-state index contributed by atoms with van der Waals surface area (Å²) >= 11 is 18.0. The van der Waals surface area contributed by atoms with Crippen LogP contribution < -0.4 is 5.32 Å². The fourth-order valence-electron chi connectivity index (χ4n) is 2.02. The molecular weight excluding hydrogens is 357 g/mol. The standard InChI is InChI=1S/C17H10Cl3NO2/c18-10-4-6-11(7-5-10)21-17(22)15-9-8-14(23-15)12-2-1-3-13(19)16(12)20/h1-9H,(H,21,22). The molecule has 3 aromatic rings. The van der Waals surface area contributed by atoms with Gasteiger partial charge >= 0.3 is 0 Å². The Morgan fingerprint density at radius 2 is 1.65 bits per heavy atom. The molecule has 0 saturated heterocycles. The summed E-state index contributed by atoms with van der Waals surface area (Å²) < 4.78 is 5.58. The van der Waals surface area contributed by atoms with E-state index >= 15 is 0 Å². The number of amides is 1. The minimum atomic E-state index is -0.364.